The third-order valence-electron chi connectivity index (χ3n) is 4.93. The zero-order valence-corrected chi connectivity index (χ0v) is 16.5. The van der Waals surface area contributed by atoms with E-state index < -0.39 is 0 Å². The second-order valence-corrected chi connectivity index (χ2v) is 6.87. The molecule has 0 saturated carbocycles. The van der Waals surface area contributed by atoms with Gasteiger partial charge in [-0.15, -0.1) is 10.2 Å². The number of nitrogens with zero attached hydrogens (tertiary/aromatic N) is 5. The summed E-state index contributed by atoms with van der Waals surface area (Å²) in [6.07, 6.45) is 3.92. The number of fused-ring (bicyclic) bond motifs is 2. The van der Waals surface area contributed by atoms with E-state index in [1.165, 1.54) is 5.56 Å². The number of pyridine rings is 1. The molecule has 0 saturated heterocycles. The number of aromatic nitrogens is 3. The van der Waals surface area contributed by atoms with E-state index in [0.29, 0.717) is 19.0 Å². The Hall–Kier alpha value is -3.42. The van der Waals surface area contributed by atoms with Gasteiger partial charge in [0.05, 0.1) is 6.54 Å². The average Bonchev–Trinajstić information content (AvgIpc) is 3.18. The van der Waals surface area contributed by atoms with Crippen LogP contribution in [0.1, 0.15) is 24.7 Å². The summed E-state index contributed by atoms with van der Waals surface area (Å²) in [6, 6.07) is 13.9. The quantitative estimate of drug-likeness (QED) is 0.511. The molecular formula is C21H25N7O. The van der Waals surface area contributed by atoms with Gasteiger partial charge in [-0.05, 0) is 43.5 Å². The summed E-state index contributed by atoms with van der Waals surface area (Å²) < 4.78 is 1.91. The molecule has 2 aromatic heterocycles. The van der Waals surface area contributed by atoms with Crippen molar-refractivity contribution in [2.24, 2.45) is 4.99 Å². The Labute approximate surface area is 169 Å². The number of aryl methyl sites for hydroxylation is 1. The third-order valence-corrected chi connectivity index (χ3v) is 4.93. The van der Waals surface area contributed by atoms with E-state index in [9.17, 15) is 4.79 Å². The topological polar surface area (TPSA) is 86.9 Å². The largest absolute Gasteiger partial charge is 0.357 e. The van der Waals surface area contributed by atoms with Gasteiger partial charge in [-0.3, -0.25) is 9.20 Å². The molecule has 1 aliphatic rings. The van der Waals surface area contributed by atoms with Crippen molar-refractivity contribution >= 4 is 23.2 Å². The first-order chi connectivity index (χ1) is 14.3. The fourth-order valence-corrected chi connectivity index (χ4v) is 3.54. The predicted octanol–water partition coefficient (Wildman–Crippen LogP) is 1.76. The van der Waals surface area contributed by atoms with Crippen LogP contribution in [0, 0.1) is 0 Å². The molecule has 2 N–H and O–H groups in total. The minimum absolute atomic E-state index is 0.0377. The first kappa shape index (κ1) is 18.9. The number of rotatable bonds is 5. The van der Waals surface area contributed by atoms with E-state index in [4.69, 9.17) is 0 Å². The molecule has 8 nitrogen and oxygen atoms in total. The van der Waals surface area contributed by atoms with Gasteiger partial charge in [-0.2, -0.15) is 0 Å². The molecule has 0 aliphatic carbocycles. The van der Waals surface area contributed by atoms with Crippen molar-refractivity contribution in [1.29, 1.82) is 0 Å². The Bertz CT molecular complexity index is 1030. The van der Waals surface area contributed by atoms with Crippen LogP contribution in [0.25, 0.3) is 5.65 Å². The molecule has 3 heterocycles. The lowest BCUT2D eigenvalue weighted by atomic mass is 10.0. The zero-order valence-electron chi connectivity index (χ0n) is 16.5. The van der Waals surface area contributed by atoms with Gasteiger partial charge in [0.15, 0.2) is 17.4 Å². The molecule has 1 amide bonds. The first-order valence-electron chi connectivity index (χ1n) is 9.95. The lowest BCUT2D eigenvalue weighted by Gasteiger charge is -2.29. The third kappa shape index (κ3) is 4.21. The van der Waals surface area contributed by atoms with Crippen molar-refractivity contribution < 1.29 is 4.79 Å². The summed E-state index contributed by atoms with van der Waals surface area (Å²) in [5.41, 5.74) is 3.03. The number of guanidine groups is 1. The number of amides is 1. The van der Waals surface area contributed by atoms with Crippen LogP contribution in [0.5, 0.6) is 0 Å². The van der Waals surface area contributed by atoms with E-state index in [2.05, 4.69) is 31.9 Å². The summed E-state index contributed by atoms with van der Waals surface area (Å²) >= 11 is 0. The van der Waals surface area contributed by atoms with Gasteiger partial charge in [0.25, 0.3) is 0 Å². The van der Waals surface area contributed by atoms with Gasteiger partial charge in [-0.1, -0.05) is 24.3 Å². The van der Waals surface area contributed by atoms with Gasteiger partial charge in [0, 0.05) is 25.0 Å². The Morgan fingerprint density at radius 1 is 1.14 bits per heavy atom. The van der Waals surface area contributed by atoms with Crippen LogP contribution in [0.3, 0.4) is 0 Å². The molecule has 3 aromatic rings. The Morgan fingerprint density at radius 3 is 2.90 bits per heavy atom. The van der Waals surface area contributed by atoms with Gasteiger partial charge >= 0.3 is 0 Å². The van der Waals surface area contributed by atoms with Crippen LogP contribution in [-0.2, 0) is 17.8 Å². The highest BCUT2D eigenvalue weighted by Crippen LogP contribution is 2.26. The first-order valence-corrected chi connectivity index (χ1v) is 9.95. The molecule has 1 aliphatic heterocycles. The van der Waals surface area contributed by atoms with E-state index in [0.717, 1.165) is 36.5 Å². The number of para-hydroxylation sites is 1. The molecule has 0 bridgehead atoms. The van der Waals surface area contributed by atoms with Crippen LogP contribution in [0.4, 0.5) is 5.69 Å². The van der Waals surface area contributed by atoms with E-state index in [1.54, 1.807) is 0 Å². The Balaban J connectivity index is 1.42. The van der Waals surface area contributed by atoms with Crippen molar-refractivity contribution in [2.45, 2.75) is 26.3 Å². The van der Waals surface area contributed by atoms with Crippen molar-refractivity contribution in [3.63, 3.8) is 0 Å². The highest BCUT2D eigenvalue weighted by atomic mass is 16.2. The fourth-order valence-electron chi connectivity index (χ4n) is 3.54. The number of benzene rings is 1. The Morgan fingerprint density at radius 2 is 2.00 bits per heavy atom. The number of hydrogen-bond acceptors (Lipinski definition) is 4. The Kier molecular flexibility index (Phi) is 5.69. The van der Waals surface area contributed by atoms with Crippen LogP contribution in [0.15, 0.2) is 53.7 Å². The predicted molar refractivity (Wildman–Crippen MR) is 113 cm³/mol. The van der Waals surface area contributed by atoms with Crippen molar-refractivity contribution in [3.05, 3.63) is 60.0 Å². The maximum Gasteiger partial charge on any atom is 0.246 e. The lowest BCUT2D eigenvalue weighted by Crippen LogP contribution is -2.46. The second-order valence-electron chi connectivity index (χ2n) is 6.87. The summed E-state index contributed by atoms with van der Waals surface area (Å²) in [4.78, 5) is 19.3. The maximum absolute atomic E-state index is 12.8. The number of nitrogens with one attached hydrogen (secondary N) is 2. The summed E-state index contributed by atoms with van der Waals surface area (Å²) in [5.74, 6) is 1.36. The van der Waals surface area contributed by atoms with Gasteiger partial charge in [0.1, 0.15) is 6.54 Å². The molecule has 29 heavy (non-hydrogen) atoms. The maximum atomic E-state index is 12.8. The molecule has 150 valence electrons. The molecule has 1 aromatic carbocycles. The van der Waals surface area contributed by atoms with Crippen LogP contribution in [0.2, 0.25) is 0 Å². The minimum Gasteiger partial charge on any atom is -0.357 e. The molecule has 0 spiro atoms. The molecule has 0 unspecified atom stereocenters. The van der Waals surface area contributed by atoms with E-state index >= 15 is 0 Å². The summed E-state index contributed by atoms with van der Waals surface area (Å²) in [6.45, 7) is 3.98. The SMILES string of the molecule is CCNC(=NCc1nnc2ccccn12)NCC(=O)N1CCCc2ccccc21. The van der Waals surface area contributed by atoms with Gasteiger partial charge in [0.2, 0.25) is 5.91 Å². The zero-order chi connectivity index (χ0) is 20.1. The van der Waals surface area contributed by atoms with Gasteiger partial charge < -0.3 is 15.5 Å². The molecule has 0 radical (unpaired) electrons. The van der Waals surface area contributed by atoms with Crippen molar-refractivity contribution in [3.8, 4) is 0 Å². The number of anilines is 1. The molecule has 4 rings (SSSR count). The number of carbonyl (C=O) groups excluding carboxylic acids is 1. The average molecular weight is 391 g/mol. The standard InChI is InChI=1S/C21H25N7O/c1-2-22-21(23-14-19-26-25-18-11-5-6-12-28(18)19)24-15-20(29)27-13-7-9-16-8-3-4-10-17(16)27/h3-6,8,10-12H,2,7,9,13-15H2,1H3,(H2,22,23,24). The number of hydrogen-bond donors (Lipinski definition) is 2. The van der Waals surface area contributed by atoms with Crippen molar-refractivity contribution in [1.82, 2.24) is 25.2 Å². The normalized spacial score (nSPS) is 14.0. The number of carbonyl (C=O) groups is 1. The highest BCUT2D eigenvalue weighted by Gasteiger charge is 2.22. The summed E-state index contributed by atoms with van der Waals surface area (Å²) in [7, 11) is 0. The number of aliphatic imine (C=N–C) groups is 1. The fraction of sp³-hybridized carbons (Fsp3) is 0.333. The monoisotopic (exact) mass is 391 g/mol. The smallest absolute Gasteiger partial charge is 0.246 e. The van der Waals surface area contributed by atoms with E-state index in [-0.39, 0.29) is 12.5 Å². The van der Waals surface area contributed by atoms with Crippen molar-refractivity contribution in [2.75, 3.05) is 24.5 Å². The van der Waals surface area contributed by atoms with Crippen LogP contribution >= 0.6 is 0 Å². The molecule has 0 fully saturated rings. The van der Waals surface area contributed by atoms with Gasteiger partial charge in [-0.25, -0.2) is 4.99 Å². The lowest BCUT2D eigenvalue weighted by molar-refractivity contribution is -0.117. The van der Waals surface area contributed by atoms with Crippen LogP contribution < -0.4 is 15.5 Å². The molecular weight excluding hydrogens is 366 g/mol. The molecule has 0 atom stereocenters. The van der Waals surface area contributed by atoms with E-state index in [1.807, 2.05) is 58.8 Å². The second kappa shape index (κ2) is 8.72. The van der Waals surface area contributed by atoms with Crippen LogP contribution in [-0.4, -0.2) is 46.1 Å². The minimum atomic E-state index is 0.0377. The molecule has 8 heteroatoms. The summed E-state index contributed by atoms with van der Waals surface area (Å²) in [5, 5.41) is 14.7. The highest BCUT2D eigenvalue weighted by molar-refractivity contribution is 5.98.